The van der Waals surface area contributed by atoms with E-state index in [9.17, 15) is 4.79 Å². The number of benzene rings is 2. The number of fused-ring (bicyclic) bond motifs is 3. The zero-order valence-electron chi connectivity index (χ0n) is 19.1. The number of hydrogen-bond donors (Lipinski definition) is 3. The summed E-state index contributed by atoms with van der Waals surface area (Å²) in [6.45, 7) is 1.65. The van der Waals surface area contributed by atoms with Crippen molar-refractivity contribution >= 4 is 17.0 Å². The Bertz CT molecular complexity index is 1460. The fourth-order valence-corrected chi connectivity index (χ4v) is 6.66. The summed E-state index contributed by atoms with van der Waals surface area (Å²) in [4.78, 5) is 23.3. The van der Waals surface area contributed by atoms with Gasteiger partial charge in [-0.2, -0.15) is 10.1 Å². The maximum atomic E-state index is 13.2. The van der Waals surface area contributed by atoms with Crippen LogP contribution < -0.4 is 16.2 Å². The van der Waals surface area contributed by atoms with Crippen molar-refractivity contribution in [1.82, 2.24) is 20.2 Å². The first kappa shape index (κ1) is 20.0. The Morgan fingerprint density at radius 1 is 1.00 bits per heavy atom. The maximum absolute atomic E-state index is 13.2. The summed E-state index contributed by atoms with van der Waals surface area (Å²) in [5.74, 6) is 0.762. The van der Waals surface area contributed by atoms with E-state index in [0.29, 0.717) is 17.0 Å². The molecule has 34 heavy (non-hydrogen) atoms. The number of nitrogens with one attached hydrogen (secondary N) is 2. The molecular formula is C27H28N6O. The molecule has 1 aliphatic heterocycles. The van der Waals surface area contributed by atoms with Crippen molar-refractivity contribution in [2.75, 3.05) is 18.0 Å². The normalized spacial score (nSPS) is 22.9. The van der Waals surface area contributed by atoms with Gasteiger partial charge in [0, 0.05) is 25.0 Å². The highest BCUT2D eigenvalue weighted by Gasteiger charge is 2.46. The minimum Gasteiger partial charge on any atom is -0.342 e. The quantitative estimate of drug-likeness (QED) is 0.431. The molecule has 7 rings (SSSR count). The zero-order chi connectivity index (χ0) is 22.9. The van der Waals surface area contributed by atoms with Crippen LogP contribution >= 0.6 is 0 Å². The third-order valence-corrected chi connectivity index (χ3v) is 8.56. The van der Waals surface area contributed by atoms with Gasteiger partial charge < -0.3 is 10.6 Å². The van der Waals surface area contributed by atoms with E-state index in [1.54, 1.807) is 0 Å². The van der Waals surface area contributed by atoms with Gasteiger partial charge in [-0.05, 0) is 59.8 Å². The van der Waals surface area contributed by atoms with E-state index in [1.165, 1.54) is 22.3 Å². The Labute approximate surface area is 197 Å². The Morgan fingerprint density at radius 3 is 2.53 bits per heavy atom. The zero-order valence-corrected chi connectivity index (χ0v) is 19.1. The van der Waals surface area contributed by atoms with E-state index in [-0.39, 0.29) is 22.9 Å². The molecule has 0 saturated carbocycles. The first-order chi connectivity index (χ1) is 16.6. The van der Waals surface area contributed by atoms with Crippen LogP contribution in [0.3, 0.4) is 0 Å². The maximum Gasteiger partial charge on any atom is 0.263 e. The van der Waals surface area contributed by atoms with E-state index < -0.39 is 0 Å². The highest BCUT2D eigenvalue weighted by Crippen LogP contribution is 2.50. The predicted molar refractivity (Wildman–Crippen MR) is 132 cm³/mol. The van der Waals surface area contributed by atoms with Gasteiger partial charge in [-0.15, -0.1) is 0 Å². The van der Waals surface area contributed by atoms with Crippen molar-refractivity contribution in [3.05, 3.63) is 86.8 Å². The largest absolute Gasteiger partial charge is 0.342 e. The molecule has 0 radical (unpaired) electrons. The number of aryl methyl sites for hydroxylation is 1. The lowest BCUT2D eigenvalue weighted by atomic mass is 9.73. The van der Waals surface area contributed by atoms with Crippen LogP contribution in [0.4, 0.5) is 5.95 Å². The molecule has 1 fully saturated rings. The van der Waals surface area contributed by atoms with Gasteiger partial charge in [0.05, 0.1) is 5.69 Å². The Morgan fingerprint density at radius 2 is 1.74 bits per heavy atom. The van der Waals surface area contributed by atoms with E-state index in [1.807, 2.05) is 0 Å². The number of rotatable bonds is 2. The molecule has 7 heteroatoms. The van der Waals surface area contributed by atoms with Crippen LogP contribution in [0, 0.1) is 5.41 Å². The van der Waals surface area contributed by atoms with E-state index in [2.05, 4.69) is 68.6 Å². The summed E-state index contributed by atoms with van der Waals surface area (Å²) in [7, 11) is 0. The van der Waals surface area contributed by atoms with E-state index >= 15 is 0 Å². The number of nitrogens with zero attached hydrogens (tertiary/aromatic N) is 3. The molecule has 7 nitrogen and oxygen atoms in total. The summed E-state index contributed by atoms with van der Waals surface area (Å²) in [6.07, 6.45) is 4.99. The third kappa shape index (κ3) is 2.83. The molecule has 0 bridgehead atoms. The highest BCUT2D eigenvalue weighted by atomic mass is 16.1. The second-order valence-corrected chi connectivity index (χ2v) is 10.2. The van der Waals surface area contributed by atoms with Crippen LogP contribution in [0.5, 0.6) is 0 Å². The SMILES string of the molecule is N[C@@H]1c2ccccc2CC12CCN(c1nc3[nH]nc([C@H]4CCc5ccccc54)c3c(=O)[nH]1)CC2. The van der Waals surface area contributed by atoms with Gasteiger partial charge in [-0.3, -0.25) is 14.9 Å². The van der Waals surface area contributed by atoms with Crippen LogP contribution in [-0.4, -0.2) is 33.3 Å². The summed E-state index contributed by atoms with van der Waals surface area (Å²) in [5, 5.41) is 8.22. The molecule has 1 saturated heterocycles. The number of anilines is 1. The Balaban J connectivity index is 1.16. The number of piperidine rings is 1. The summed E-state index contributed by atoms with van der Waals surface area (Å²) in [5.41, 5.74) is 13.4. The molecule has 2 aromatic heterocycles. The summed E-state index contributed by atoms with van der Waals surface area (Å²) in [6, 6.07) is 17.1. The summed E-state index contributed by atoms with van der Waals surface area (Å²) < 4.78 is 0. The van der Waals surface area contributed by atoms with E-state index in [0.717, 1.165) is 50.9 Å². The molecule has 2 atom stereocenters. The molecule has 4 N–H and O–H groups in total. The van der Waals surface area contributed by atoms with Crippen molar-refractivity contribution in [3.8, 4) is 0 Å². The van der Waals surface area contributed by atoms with Gasteiger partial charge >= 0.3 is 0 Å². The minimum absolute atomic E-state index is 0.0739. The van der Waals surface area contributed by atoms with Gasteiger partial charge in [-0.25, -0.2) is 0 Å². The van der Waals surface area contributed by atoms with Crippen LogP contribution in [0.15, 0.2) is 53.3 Å². The Kier molecular flexibility index (Phi) is 4.27. The van der Waals surface area contributed by atoms with Crippen LogP contribution in [0.2, 0.25) is 0 Å². The van der Waals surface area contributed by atoms with Crippen molar-refractivity contribution in [1.29, 1.82) is 0 Å². The number of aromatic nitrogens is 4. The fourth-order valence-electron chi connectivity index (χ4n) is 6.66. The van der Waals surface area contributed by atoms with Crippen molar-refractivity contribution in [3.63, 3.8) is 0 Å². The molecule has 2 aliphatic carbocycles. The lowest BCUT2D eigenvalue weighted by Crippen LogP contribution is -2.45. The van der Waals surface area contributed by atoms with Crippen LogP contribution in [0.25, 0.3) is 11.0 Å². The summed E-state index contributed by atoms with van der Waals surface area (Å²) >= 11 is 0. The molecule has 3 aliphatic rings. The lowest BCUT2D eigenvalue weighted by molar-refractivity contribution is 0.187. The second-order valence-electron chi connectivity index (χ2n) is 10.2. The monoisotopic (exact) mass is 452 g/mol. The number of aromatic amines is 2. The van der Waals surface area contributed by atoms with Crippen molar-refractivity contribution in [2.45, 2.75) is 44.1 Å². The van der Waals surface area contributed by atoms with E-state index in [4.69, 9.17) is 10.7 Å². The molecule has 1 spiro atoms. The number of H-pyrrole nitrogens is 2. The van der Waals surface area contributed by atoms with Crippen LogP contribution in [0.1, 0.15) is 59.2 Å². The molecule has 3 heterocycles. The molecule has 2 aromatic carbocycles. The number of hydrogen-bond acceptors (Lipinski definition) is 5. The molecule has 172 valence electrons. The minimum atomic E-state index is -0.113. The highest BCUT2D eigenvalue weighted by molar-refractivity contribution is 5.79. The van der Waals surface area contributed by atoms with Gasteiger partial charge in [0.2, 0.25) is 5.95 Å². The second kappa shape index (κ2) is 7.27. The lowest BCUT2D eigenvalue weighted by Gasteiger charge is -2.42. The smallest absolute Gasteiger partial charge is 0.263 e. The van der Waals surface area contributed by atoms with Crippen molar-refractivity contribution in [2.24, 2.45) is 11.1 Å². The topological polar surface area (TPSA) is 104 Å². The molecule has 4 aromatic rings. The standard InChI is InChI=1S/C27H28N6O/c28-23-19-8-4-2-6-17(19)15-27(23)11-13-33(14-12-27)26-29-24-21(25(34)30-26)22(31-32-24)20-10-9-16-5-1-3-7-18(16)20/h1-8,20,23H,9-15,28H2,(H2,29,30,31,32,34)/t20-,23+/m0/s1. The van der Waals surface area contributed by atoms with Gasteiger partial charge in [0.1, 0.15) is 5.39 Å². The van der Waals surface area contributed by atoms with Gasteiger partial charge in [0.15, 0.2) is 5.65 Å². The first-order valence-corrected chi connectivity index (χ1v) is 12.3. The van der Waals surface area contributed by atoms with Crippen LogP contribution in [-0.2, 0) is 12.8 Å². The van der Waals surface area contributed by atoms with Crippen molar-refractivity contribution < 1.29 is 0 Å². The third-order valence-electron chi connectivity index (χ3n) is 8.56. The van der Waals surface area contributed by atoms with Gasteiger partial charge in [-0.1, -0.05) is 48.5 Å². The molecular weight excluding hydrogens is 424 g/mol. The molecule has 0 unspecified atom stereocenters. The number of nitrogens with two attached hydrogens (primary N) is 1. The first-order valence-electron chi connectivity index (χ1n) is 12.3. The molecule has 0 amide bonds. The fraction of sp³-hybridized carbons (Fsp3) is 0.370. The average molecular weight is 453 g/mol. The van der Waals surface area contributed by atoms with Gasteiger partial charge in [0.25, 0.3) is 5.56 Å². The Hall–Kier alpha value is -3.45. The average Bonchev–Trinajstić information content (AvgIpc) is 3.55. The predicted octanol–water partition coefficient (Wildman–Crippen LogP) is 3.57.